The van der Waals surface area contributed by atoms with E-state index in [9.17, 15) is 0 Å². The number of rotatable bonds is 0. The van der Waals surface area contributed by atoms with E-state index in [2.05, 4.69) is 78.9 Å². The Labute approximate surface area is 154 Å². The highest BCUT2D eigenvalue weighted by Gasteiger charge is 2.67. The van der Waals surface area contributed by atoms with Crippen molar-refractivity contribution in [2.24, 2.45) is 5.41 Å². The topological polar surface area (TPSA) is 0 Å². The smallest absolute Gasteiger partial charge is 0.0243 e. The van der Waals surface area contributed by atoms with Crippen LogP contribution in [0.4, 0.5) is 0 Å². The van der Waals surface area contributed by atoms with Crippen LogP contribution in [-0.4, -0.2) is 0 Å². The van der Waals surface area contributed by atoms with Crippen molar-refractivity contribution in [1.82, 2.24) is 0 Å². The van der Waals surface area contributed by atoms with Crippen molar-refractivity contribution in [3.05, 3.63) is 112 Å². The zero-order valence-electron chi connectivity index (χ0n) is 14.7. The molecule has 0 bridgehead atoms. The summed E-state index contributed by atoms with van der Waals surface area (Å²) in [6, 6.07) is 27.8. The number of fused-ring (bicyclic) bond motifs is 9. The summed E-state index contributed by atoms with van der Waals surface area (Å²) in [5.74, 6) is 1.68. The van der Waals surface area contributed by atoms with Crippen molar-refractivity contribution >= 4 is 5.57 Å². The molecule has 7 rings (SSSR count). The summed E-state index contributed by atoms with van der Waals surface area (Å²) in [7, 11) is 0. The van der Waals surface area contributed by atoms with Gasteiger partial charge in [0.2, 0.25) is 0 Å². The molecule has 124 valence electrons. The fraction of sp³-hybridized carbons (Fsp3) is 0.231. The van der Waals surface area contributed by atoms with Crippen LogP contribution in [0.15, 0.2) is 78.9 Å². The molecule has 3 aromatic rings. The minimum Gasteiger partial charge on any atom is -0.0800 e. The average molecular weight is 332 g/mol. The zero-order valence-corrected chi connectivity index (χ0v) is 14.7. The van der Waals surface area contributed by atoms with Crippen LogP contribution in [0.5, 0.6) is 0 Å². The maximum Gasteiger partial charge on any atom is 0.0243 e. The molecule has 0 radical (unpaired) electrons. The van der Waals surface area contributed by atoms with E-state index in [0.717, 1.165) is 0 Å². The van der Waals surface area contributed by atoms with Crippen LogP contribution in [0.2, 0.25) is 0 Å². The van der Waals surface area contributed by atoms with Crippen molar-refractivity contribution in [1.29, 1.82) is 0 Å². The summed E-state index contributed by atoms with van der Waals surface area (Å²) in [6.45, 7) is 0. The van der Waals surface area contributed by atoms with Gasteiger partial charge in [0.25, 0.3) is 0 Å². The van der Waals surface area contributed by atoms with Crippen LogP contribution < -0.4 is 0 Å². The Bertz CT molecular complexity index is 1090. The summed E-state index contributed by atoms with van der Waals surface area (Å²) < 4.78 is 0. The normalized spacial score (nSPS) is 31.5. The first-order valence-corrected chi connectivity index (χ1v) is 9.90. The van der Waals surface area contributed by atoms with Crippen LogP contribution in [0.1, 0.15) is 64.0 Å². The van der Waals surface area contributed by atoms with Crippen molar-refractivity contribution < 1.29 is 0 Å². The Kier molecular flexibility index (Phi) is 2.29. The monoisotopic (exact) mass is 332 g/mol. The summed E-state index contributed by atoms with van der Waals surface area (Å²) in [6.07, 6.45) is 5.08. The van der Waals surface area contributed by atoms with Crippen LogP contribution in [0.3, 0.4) is 0 Å². The molecular weight excluding hydrogens is 312 g/mol. The van der Waals surface area contributed by atoms with E-state index < -0.39 is 0 Å². The largest absolute Gasteiger partial charge is 0.0800 e. The molecule has 0 fully saturated rings. The summed E-state index contributed by atoms with van der Waals surface area (Å²) in [5, 5.41) is 0. The van der Waals surface area contributed by atoms with Gasteiger partial charge in [0, 0.05) is 17.3 Å². The Morgan fingerprint density at radius 1 is 0.615 bits per heavy atom. The van der Waals surface area contributed by atoms with Gasteiger partial charge in [0.15, 0.2) is 0 Å². The molecule has 4 atom stereocenters. The summed E-state index contributed by atoms with van der Waals surface area (Å²) in [4.78, 5) is 0. The van der Waals surface area contributed by atoms with Gasteiger partial charge in [-0.15, -0.1) is 0 Å². The van der Waals surface area contributed by atoms with Crippen LogP contribution >= 0.6 is 0 Å². The molecule has 0 saturated carbocycles. The maximum absolute atomic E-state index is 2.58. The van der Waals surface area contributed by atoms with Crippen molar-refractivity contribution in [3.8, 4) is 0 Å². The summed E-state index contributed by atoms with van der Waals surface area (Å²) >= 11 is 0. The van der Waals surface area contributed by atoms with E-state index in [1.807, 2.05) is 0 Å². The number of benzene rings is 3. The van der Waals surface area contributed by atoms with Gasteiger partial charge >= 0.3 is 0 Å². The second-order valence-electron chi connectivity index (χ2n) is 8.39. The lowest BCUT2D eigenvalue weighted by atomic mass is 9.60. The van der Waals surface area contributed by atoms with E-state index in [0.29, 0.717) is 17.8 Å². The van der Waals surface area contributed by atoms with E-state index in [1.165, 1.54) is 18.4 Å². The van der Waals surface area contributed by atoms with Gasteiger partial charge in [-0.05, 0) is 57.7 Å². The third-order valence-corrected chi connectivity index (χ3v) is 7.66. The minimum absolute atomic E-state index is 0.218. The number of hydrogen-bond donors (Lipinski definition) is 0. The molecule has 26 heavy (non-hydrogen) atoms. The Morgan fingerprint density at radius 2 is 1.15 bits per heavy atom. The van der Waals surface area contributed by atoms with E-state index in [1.54, 1.807) is 33.4 Å². The first kappa shape index (κ1) is 13.6. The van der Waals surface area contributed by atoms with Crippen LogP contribution in [-0.2, 0) is 0 Å². The van der Waals surface area contributed by atoms with E-state index >= 15 is 0 Å². The van der Waals surface area contributed by atoms with Crippen molar-refractivity contribution in [2.45, 2.75) is 30.6 Å². The molecule has 0 nitrogen and oxygen atoms in total. The molecule has 0 aromatic heterocycles. The molecule has 1 spiro atoms. The predicted octanol–water partition coefficient (Wildman–Crippen LogP) is 6.24. The highest BCUT2D eigenvalue weighted by atomic mass is 14.7. The van der Waals surface area contributed by atoms with Gasteiger partial charge in [-0.25, -0.2) is 0 Å². The fourth-order valence-electron chi connectivity index (χ4n) is 7.12. The highest BCUT2D eigenvalue weighted by Crippen LogP contribution is 2.79. The van der Waals surface area contributed by atoms with E-state index in [-0.39, 0.29) is 5.41 Å². The Balaban J connectivity index is 1.67. The van der Waals surface area contributed by atoms with Crippen LogP contribution in [0.25, 0.3) is 5.57 Å². The molecule has 1 unspecified atom stereocenters. The molecule has 0 aliphatic heterocycles. The SMILES string of the molecule is C1=C2c3ccccc3[C@@H]3c4ccccc4[C@H]4c5ccccc5[C@H](CC1)C234. The first-order chi connectivity index (χ1) is 12.9. The molecule has 0 amide bonds. The predicted molar refractivity (Wildman–Crippen MR) is 105 cm³/mol. The lowest BCUT2D eigenvalue weighted by Gasteiger charge is -2.41. The number of allylic oxidation sites excluding steroid dienone is 2. The molecule has 0 N–H and O–H groups in total. The maximum atomic E-state index is 2.58. The third kappa shape index (κ3) is 1.25. The quantitative estimate of drug-likeness (QED) is 0.457. The molecule has 4 aliphatic carbocycles. The van der Waals surface area contributed by atoms with E-state index in [4.69, 9.17) is 0 Å². The van der Waals surface area contributed by atoms with Gasteiger partial charge in [0.05, 0.1) is 0 Å². The number of hydrogen-bond acceptors (Lipinski definition) is 0. The van der Waals surface area contributed by atoms with Gasteiger partial charge in [-0.3, -0.25) is 0 Å². The Morgan fingerprint density at radius 3 is 1.88 bits per heavy atom. The first-order valence-electron chi connectivity index (χ1n) is 9.90. The highest BCUT2D eigenvalue weighted by molar-refractivity contribution is 5.88. The second kappa shape index (κ2) is 4.38. The standard InChI is InChI=1S/C26H20/c1-3-10-18-16(8-1)22-14-7-15-23-17-9-2-4-11-19(17)25-21-13-6-5-12-20(21)24(18)26(22,23)25/h1-6,8-14,23-25H,7,15H2/t23-,24+,25+,26?/m0/s1. The fourth-order valence-corrected chi connectivity index (χ4v) is 7.12. The minimum atomic E-state index is 0.218. The summed E-state index contributed by atoms with van der Waals surface area (Å²) in [5.41, 5.74) is 11.3. The second-order valence-corrected chi connectivity index (χ2v) is 8.39. The van der Waals surface area contributed by atoms with Gasteiger partial charge in [0.1, 0.15) is 0 Å². The molecule has 3 aromatic carbocycles. The van der Waals surface area contributed by atoms with Crippen molar-refractivity contribution in [3.63, 3.8) is 0 Å². The molecular formula is C26H20. The van der Waals surface area contributed by atoms with Gasteiger partial charge in [-0.2, -0.15) is 0 Å². The molecule has 0 heteroatoms. The molecule has 4 aliphatic rings. The van der Waals surface area contributed by atoms with Crippen LogP contribution in [0, 0.1) is 5.41 Å². The lowest BCUT2D eigenvalue weighted by Crippen LogP contribution is -2.31. The zero-order chi connectivity index (χ0) is 16.9. The van der Waals surface area contributed by atoms with Crippen molar-refractivity contribution in [2.75, 3.05) is 0 Å². The van der Waals surface area contributed by atoms with Gasteiger partial charge < -0.3 is 0 Å². The molecule has 0 saturated heterocycles. The Hall–Kier alpha value is -2.60. The van der Waals surface area contributed by atoms with Gasteiger partial charge in [-0.1, -0.05) is 78.9 Å². The average Bonchev–Trinajstić information content (AvgIpc) is 3.26. The molecule has 0 heterocycles. The third-order valence-electron chi connectivity index (χ3n) is 7.66. The lowest BCUT2D eigenvalue weighted by molar-refractivity contribution is 0.290.